The number of anilines is 1. The molecule has 2 aromatic heterocycles. The van der Waals surface area contributed by atoms with E-state index in [0.717, 1.165) is 11.1 Å². The summed E-state index contributed by atoms with van der Waals surface area (Å²) in [5.41, 5.74) is 2.48. The first-order valence-electron chi connectivity index (χ1n) is 10.3. The van der Waals surface area contributed by atoms with Crippen LogP contribution in [0.2, 0.25) is 0 Å². The first kappa shape index (κ1) is 23.3. The average molecular weight is 446 g/mol. The maximum atomic E-state index is 13.5. The molecule has 2 heterocycles. The van der Waals surface area contributed by atoms with Gasteiger partial charge in [0.1, 0.15) is 17.3 Å². The fourth-order valence-electron chi connectivity index (χ4n) is 3.13. The molecule has 0 aliphatic rings. The van der Waals surface area contributed by atoms with E-state index in [9.17, 15) is 9.18 Å². The second-order valence-corrected chi connectivity index (χ2v) is 7.37. The molecule has 0 bridgehead atoms. The molecule has 168 valence electrons. The van der Waals surface area contributed by atoms with Gasteiger partial charge in [-0.25, -0.2) is 9.37 Å². The van der Waals surface area contributed by atoms with Gasteiger partial charge in [-0.1, -0.05) is 18.2 Å². The monoisotopic (exact) mass is 445 g/mol. The summed E-state index contributed by atoms with van der Waals surface area (Å²) in [5, 5.41) is 15.1. The topological polar surface area (TPSA) is 106 Å². The number of nitriles is 1. The Balaban J connectivity index is 1.83. The third-order valence-electron chi connectivity index (χ3n) is 4.72. The molecule has 0 saturated heterocycles. The van der Waals surface area contributed by atoms with Crippen LogP contribution in [0.15, 0.2) is 65.9 Å². The quantitative estimate of drug-likeness (QED) is 0.314. The van der Waals surface area contributed by atoms with Crippen LogP contribution in [0.5, 0.6) is 0 Å². The Bertz CT molecular complexity index is 1170. The zero-order chi connectivity index (χ0) is 23.6. The second kappa shape index (κ2) is 11.3. The number of aliphatic imine (C=N–C) groups is 1. The molecule has 0 atom stereocenters. The predicted octanol–water partition coefficient (Wildman–Crippen LogP) is 2.99. The van der Waals surface area contributed by atoms with Crippen molar-refractivity contribution in [2.75, 3.05) is 26.0 Å². The van der Waals surface area contributed by atoms with Crippen LogP contribution < -0.4 is 10.6 Å². The molecule has 1 aromatic carbocycles. The van der Waals surface area contributed by atoms with E-state index in [1.807, 2.05) is 12.1 Å². The Morgan fingerprint density at radius 3 is 2.70 bits per heavy atom. The number of amides is 1. The number of aromatic nitrogens is 2. The minimum atomic E-state index is -0.310. The smallest absolute Gasteiger partial charge is 0.255 e. The molecule has 9 heteroatoms. The SMILES string of the molecule is CN(C)/C(=N/C#N)c1ccc(C(=O)NCc2cccnc2)c(NCCc2cccc(F)c2)n1. The highest BCUT2D eigenvalue weighted by molar-refractivity contribution is 6.02. The first-order chi connectivity index (χ1) is 16.0. The highest BCUT2D eigenvalue weighted by Gasteiger charge is 2.17. The molecule has 8 nitrogen and oxygen atoms in total. The number of halogens is 1. The minimum Gasteiger partial charge on any atom is -0.369 e. The lowest BCUT2D eigenvalue weighted by Gasteiger charge is -2.17. The number of rotatable bonds is 8. The van der Waals surface area contributed by atoms with Crippen LogP contribution in [0.1, 0.15) is 27.2 Å². The zero-order valence-corrected chi connectivity index (χ0v) is 18.4. The summed E-state index contributed by atoms with van der Waals surface area (Å²) in [6.07, 6.45) is 5.66. The maximum Gasteiger partial charge on any atom is 0.255 e. The van der Waals surface area contributed by atoms with Crippen LogP contribution >= 0.6 is 0 Å². The number of benzene rings is 1. The fourth-order valence-corrected chi connectivity index (χ4v) is 3.13. The number of amidine groups is 1. The van der Waals surface area contributed by atoms with Crippen molar-refractivity contribution in [2.24, 2.45) is 4.99 Å². The standard InChI is InChI=1S/C24H24FN7O/c1-32(2)23(30-16-26)21-9-8-20(24(33)29-15-18-6-4-11-27-14-18)22(31-21)28-12-10-17-5-3-7-19(25)13-17/h3-9,11,13-14H,10,12,15H2,1-2H3,(H,28,31)(H,29,33)/b30-23+. The molecule has 3 rings (SSSR count). The Labute approximate surface area is 191 Å². The van der Waals surface area contributed by atoms with Crippen LogP contribution in [0.4, 0.5) is 10.2 Å². The summed E-state index contributed by atoms with van der Waals surface area (Å²) < 4.78 is 13.5. The van der Waals surface area contributed by atoms with Crippen molar-refractivity contribution in [3.8, 4) is 6.19 Å². The number of nitrogens with one attached hydrogen (secondary N) is 2. The molecule has 33 heavy (non-hydrogen) atoms. The number of pyridine rings is 2. The number of carbonyl (C=O) groups excluding carboxylic acids is 1. The highest BCUT2D eigenvalue weighted by atomic mass is 19.1. The molecule has 0 radical (unpaired) electrons. The largest absolute Gasteiger partial charge is 0.369 e. The zero-order valence-electron chi connectivity index (χ0n) is 18.4. The van der Waals surface area contributed by atoms with E-state index < -0.39 is 0 Å². The van der Waals surface area contributed by atoms with Gasteiger partial charge in [0.2, 0.25) is 6.19 Å². The van der Waals surface area contributed by atoms with E-state index in [-0.39, 0.29) is 11.7 Å². The van der Waals surface area contributed by atoms with Crippen molar-refractivity contribution in [1.82, 2.24) is 20.2 Å². The molecular weight excluding hydrogens is 421 g/mol. The Kier molecular flexibility index (Phi) is 8.02. The van der Waals surface area contributed by atoms with E-state index in [1.54, 1.807) is 61.8 Å². The van der Waals surface area contributed by atoms with Gasteiger partial charge in [-0.05, 0) is 47.9 Å². The van der Waals surface area contributed by atoms with Crippen molar-refractivity contribution in [3.05, 3.63) is 89.1 Å². The highest BCUT2D eigenvalue weighted by Crippen LogP contribution is 2.16. The van der Waals surface area contributed by atoms with Gasteiger partial charge >= 0.3 is 0 Å². The van der Waals surface area contributed by atoms with Crippen molar-refractivity contribution < 1.29 is 9.18 Å². The van der Waals surface area contributed by atoms with Crippen molar-refractivity contribution >= 4 is 17.6 Å². The lowest BCUT2D eigenvalue weighted by molar-refractivity contribution is 0.0951. The number of hydrogen-bond acceptors (Lipinski definition) is 6. The van der Waals surface area contributed by atoms with Crippen LogP contribution in [0, 0.1) is 17.3 Å². The molecule has 1 amide bonds. The van der Waals surface area contributed by atoms with Gasteiger partial charge in [0.15, 0.2) is 5.84 Å². The summed E-state index contributed by atoms with van der Waals surface area (Å²) in [7, 11) is 3.51. The fraction of sp³-hybridized carbons (Fsp3) is 0.208. The Morgan fingerprint density at radius 1 is 1.18 bits per heavy atom. The van der Waals surface area contributed by atoms with Crippen molar-refractivity contribution in [2.45, 2.75) is 13.0 Å². The van der Waals surface area contributed by atoms with Gasteiger partial charge in [0.25, 0.3) is 5.91 Å². The van der Waals surface area contributed by atoms with Crippen LogP contribution in [0.25, 0.3) is 0 Å². The van der Waals surface area contributed by atoms with E-state index in [4.69, 9.17) is 5.26 Å². The summed E-state index contributed by atoms with van der Waals surface area (Å²) in [5.74, 6) is 0.106. The van der Waals surface area contributed by atoms with Crippen LogP contribution in [-0.2, 0) is 13.0 Å². The maximum absolute atomic E-state index is 13.5. The number of nitrogens with zero attached hydrogens (tertiary/aromatic N) is 5. The molecule has 2 N–H and O–H groups in total. The second-order valence-electron chi connectivity index (χ2n) is 7.37. The van der Waals surface area contributed by atoms with Crippen LogP contribution in [0.3, 0.4) is 0 Å². The minimum absolute atomic E-state index is 0.300. The molecule has 0 saturated carbocycles. The summed E-state index contributed by atoms with van der Waals surface area (Å²) in [6.45, 7) is 0.742. The molecule has 0 aliphatic heterocycles. The normalized spacial score (nSPS) is 10.9. The Hall–Kier alpha value is -4.32. The van der Waals surface area contributed by atoms with E-state index in [2.05, 4.69) is 25.6 Å². The molecule has 0 unspecified atom stereocenters. The van der Waals surface area contributed by atoms with Gasteiger partial charge in [-0.2, -0.15) is 10.3 Å². The summed E-state index contributed by atoms with van der Waals surface area (Å²) in [6, 6.07) is 13.3. The molecule has 0 aliphatic carbocycles. The molecular formula is C24H24FN7O. The van der Waals surface area contributed by atoms with Crippen LogP contribution in [-0.4, -0.2) is 47.3 Å². The van der Waals surface area contributed by atoms with Gasteiger partial charge in [-0.3, -0.25) is 9.78 Å². The third kappa shape index (κ3) is 6.58. The van der Waals surface area contributed by atoms with Gasteiger partial charge in [0.05, 0.1) is 5.56 Å². The van der Waals surface area contributed by atoms with Crippen molar-refractivity contribution in [3.63, 3.8) is 0 Å². The number of carbonyl (C=O) groups is 1. The lowest BCUT2D eigenvalue weighted by Crippen LogP contribution is -2.27. The molecule has 3 aromatic rings. The predicted molar refractivity (Wildman–Crippen MR) is 124 cm³/mol. The van der Waals surface area contributed by atoms with Gasteiger partial charge in [0, 0.05) is 39.6 Å². The summed E-state index contributed by atoms with van der Waals surface area (Å²) >= 11 is 0. The molecule has 0 fully saturated rings. The number of hydrogen-bond donors (Lipinski definition) is 2. The van der Waals surface area contributed by atoms with Gasteiger partial charge < -0.3 is 15.5 Å². The van der Waals surface area contributed by atoms with E-state index >= 15 is 0 Å². The summed E-state index contributed by atoms with van der Waals surface area (Å²) in [4.78, 5) is 27.0. The molecule has 0 spiro atoms. The van der Waals surface area contributed by atoms with Crippen molar-refractivity contribution in [1.29, 1.82) is 5.26 Å². The van der Waals surface area contributed by atoms with E-state index in [1.165, 1.54) is 12.1 Å². The Morgan fingerprint density at radius 2 is 2.00 bits per heavy atom. The third-order valence-corrected chi connectivity index (χ3v) is 4.72. The lowest BCUT2D eigenvalue weighted by atomic mass is 10.1. The van der Waals surface area contributed by atoms with Gasteiger partial charge in [-0.15, -0.1) is 0 Å². The average Bonchev–Trinajstić information content (AvgIpc) is 2.81. The first-order valence-corrected chi connectivity index (χ1v) is 10.3. The van der Waals surface area contributed by atoms with E-state index in [0.29, 0.717) is 42.4 Å².